The first-order valence-electron chi connectivity index (χ1n) is 6.90. The van der Waals surface area contributed by atoms with Crippen LogP contribution in [0.5, 0.6) is 0 Å². The molecule has 0 aliphatic heterocycles. The Labute approximate surface area is 137 Å². The predicted molar refractivity (Wildman–Crippen MR) is 81.9 cm³/mol. The molecule has 6 nitrogen and oxygen atoms in total. The molecule has 1 aromatic heterocycles. The number of halogens is 3. The molecule has 0 atom stereocenters. The Bertz CT molecular complexity index is 864. The lowest BCUT2D eigenvalue weighted by Gasteiger charge is -2.20. The number of rotatable bonds is 4. The third-order valence-corrected chi connectivity index (χ3v) is 3.85. The summed E-state index contributed by atoms with van der Waals surface area (Å²) in [4.78, 5) is 0. The van der Waals surface area contributed by atoms with E-state index >= 15 is 0 Å². The minimum Gasteiger partial charge on any atom is -0.379 e. The van der Waals surface area contributed by atoms with E-state index in [0.717, 1.165) is 6.20 Å². The second-order valence-corrected chi connectivity index (χ2v) is 7.88. The molecule has 0 aliphatic rings. The van der Waals surface area contributed by atoms with Gasteiger partial charge in [0.25, 0.3) is 0 Å². The largest absolute Gasteiger partial charge is 0.534 e. The Kier molecular flexibility index (Phi) is 4.62. The van der Waals surface area contributed by atoms with Crippen LogP contribution in [0.2, 0.25) is 0 Å². The lowest BCUT2D eigenvalue weighted by Crippen LogP contribution is -2.26. The van der Waals surface area contributed by atoms with Gasteiger partial charge < -0.3 is 4.18 Å². The highest BCUT2D eigenvalue weighted by molar-refractivity contribution is 7.87. The first-order chi connectivity index (χ1) is 10.9. The topological polar surface area (TPSA) is 74.1 Å². The third kappa shape index (κ3) is 4.25. The molecule has 0 fully saturated rings. The molecule has 0 bridgehead atoms. The molecule has 0 unspecified atom stereocenters. The van der Waals surface area contributed by atoms with Gasteiger partial charge in [-0.25, -0.2) is 4.68 Å². The van der Waals surface area contributed by atoms with Crippen LogP contribution in [0.25, 0.3) is 17.2 Å². The first-order valence-corrected chi connectivity index (χ1v) is 8.31. The summed E-state index contributed by atoms with van der Waals surface area (Å²) in [5.41, 5.74) is -4.99. The van der Waals surface area contributed by atoms with Crippen LogP contribution in [0.4, 0.5) is 13.2 Å². The van der Waals surface area contributed by atoms with Crippen LogP contribution in [0.3, 0.4) is 0 Å². The Balaban J connectivity index is 2.47. The Morgan fingerprint density at radius 3 is 2.46 bits per heavy atom. The lowest BCUT2D eigenvalue weighted by molar-refractivity contribution is -0.0525. The van der Waals surface area contributed by atoms with E-state index in [9.17, 15) is 21.6 Å². The SMILES string of the molecule is CC(C)(C)C/C(=C\n1nnc2ccccc21)OS(=O)(=O)C(F)(F)F. The lowest BCUT2D eigenvalue weighted by atomic mass is 9.91. The van der Waals surface area contributed by atoms with Crippen molar-refractivity contribution in [2.24, 2.45) is 5.41 Å². The van der Waals surface area contributed by atoms with E-state index in [1.165, 1.54) is 4.68 Å². The maximum atomic E-state index is 12.6. The number of allylic oxidation sites excluding steroid dienone is 1. The van der Waals surface area contributed by atoms with Gasteiger partial charge in [0.15, 0.2) is 0 Å². The van der Waals surface area contributed by atoms with E-state index in [2.05, 4.69) is 14.5 Å². The van der Waals surface area contributed by atoms with Crippen LogP contribution in [0, 0.1) is 5.41 Å². The van der Waals surface area contributed by atoms with Crippen LogP contribution >= 0.6 is 0 Å². The molecule has 0 spiro atoms. The highest BCUT2D eigenvalue weighted by atomic mass is 32.2. The zero-order valence-electron chi connectivity index (χ0n) is 13.2. The molecule has 0 aliphatic carbocycles. The molecule has 0 amide bonds. The van der Waals surface area contributed by atoms with Crippen molar-refractivity contribution in [2.75, 3.05) is 0 Å². The van der Waals surface area contributed by atoms with E-state index in [1.807, 2.05) is 0 Å². The van der Waals surface area contributed by atoms with E-state index in [1.54, 1.807) is 45.0 Å². The van der Waals surface area contributed by atoms with Gasteiger partial charge in [-0.1, -0.05) is 38.1 Å². The molecule has 132 valence electrons. The van der Waals surface area contributed by atoms with Crippen molar-refractivity contribution in [3.8, 4) is 0 Å². The van der Waals surface area contributed by atoms with Crippen molar-refractivity contribution in [2.45, 2.75) is 32.7 Å². The second kappa shape index (κ2) is 6.08. The van der Waals surface area contributed by atoms with Crippen LogP contribution in [-0.2, 0) is 14.3 Å². The van der Waals surface area contributed by atoms with Gasteiger partial charge in [-0.2, -0.15) is 21.6 Å². The fourth-order valence-corrected chi connectivity index (χ4v) is 2.40. The minimum atomic E-state index is -5.76. The summed E-state index contributed by atoms with van der Waals surface area (Å²) in [6.45, 7) is 5.22. The minimum absolute atomic E-state index is 0.0451. The molecule has 0 saturated heterocycles. The zero-order chi connectivity index (χ0) is 18.2. The number of benzene rings is 1. The zero-order valence-corrected chi connectivity index (χ0v) is 14.0. The molecule has 2 aromatic rings. The average molecular weight is 363 g/mol. The normalized spacial score (nSPS) is 14.2. The van der Waals surface area contributed by atoms with Crippen molar-refractivity contribution in [3.05, 3.63) is 30.0 Å². The summed E-state index contributed by atoms with van der Waals surface area (Å²) >= 11 is 0. The summed E-state index contributed by atoms with van der Waals surface area (Å²) in [7, 11) is -5.76. The number of nitrogens with zero attached hydrogens (tertiary/aromatic N) is 3. The van der Waals surface area contributed by atoms with Gasteiger partial charge in [0.2, 0.25) is 0 Å². The van der Waals surface area contributed by atoms with Crippen molar-refractivity contribution < 1.29 is 25.8 Å². The molecule has 1 aromatic carbocycles. The molecule has 0 saturated carbocycles. The van der Waals surface area contributed by atoms with Gasteiger partial charge in [0.1, 0.15) is 11.3 Å². The number of para-hydroxylation sites is 1. The molecule has 10 heteroatoms. The van der Waals surface area contributed by atoms with Crippen molar-refractivity contribution in [1.29, 1.82) is 0 Å². The summed E-state index contributed by atoms with van der Waals surface area (Å²) in [5.74, 6) is -0.379. The number of alkyl halides is 3. The first kappa shape index (κ1) is 18.2. The van der Waals surface area contributed by atoms with Crippen molar-refractivity contribution in [3.63, 3.8) is 0 Å². The van der Waals surface area contributed by atoms with Gasteiger partial charge in [0.05, 0.1) is 11.7 Å². The molecule has 24 heavy (non-hydrogen) atoms. The van der Waals surface area contributed by atoms with Gasteiger partial charge in [-0.3, -0.25) is 0 Å². The quantitative estimate of drug-likeness (QED) is 0.472. The van der Waals surface area contributed by atoms with E-state index in [-0.39, 0.29) is 12.2 Å². The maximum absolute atomic E-state index is 12.6. The molecule has 1 heterocycles. The molecule has 2 rings (SSSR count). The van der Waals surface area contributed by atoms with E-state index in [0.29, 0.717) is 11.0 Å². The number of hydrogen-bond acceptors (Lipinski definition) is 5. The van der Waals surface area contributed by atoms with Crippen molar-refractivity contribution in [1.82, 2.24) is 15.0 Å². The van der Waals surface area contributed by atoms with E-state index < -0.39 is 21.0 Å². The maximum Gasteiger partial charge on any atom is 0.534 e. The van der Waals surface area contributed by atoms with Gasteiger partial charge >= 0.3 is 15.6 Å². The van der Waals surface area contributed by atoms with E-state index in [4.69, 9.17) is 0 Å². The number of aromatic nitrogens is 3. The summed E-state index contributed by atoms with van der Waals surface area (Å²) in [6, 6.07) is 6.75. The van der Waals surface area contributed by atoms with Gasteiger partial charge in [-0.15, -0.1) is 5.10 Å². The molecule has 0 radical (unpaired) electrons. The predicted octanol–water partition coefficient (Wildman–Crippen LogP) is 3.53. The average Bonchev–Trinajstić information content (AvgIpc) is 2.78. The van der Waals surface area contributed by atoms with Crippen molar-refractivity contribution >= 4 is 27.4 Å². The third-order valence-electron chi connectivity index (χ3n) is 2.85. The van der Waals surface area contributed by atoms with Gasteiger partial charge in [-0.05, 0) is 17.5 Å². The van der Waals surface area contributed by atoms with Crippen LogP contribution < -0.4 is 0 Å². The smallest absolute Gasteiger partial charge is 0.379 e. The summed E-state index contributed by atoms with van der Waals surface area (Å²) in [5, 5.41) is 7.65. The standard InChI is InChI=1S/C14H16F3N3O3S/c1-13(2,3)8-10(23-24(21,22)14(15,16)17)9-20-12-7-5-4-6-11(12)18-19-20/h4-7,9H,8H2,1-3H3/b10-9+. The highest BCUT2D eigenvalue weighted by Gasteiger charge is 2.49. The highest BCUT2D eigenvalue weighted by Crippen LogP contribution is 2.32. The van der Waals surface area contributed by atoms with Crippen LogP contribution in [0.1, 0.15) is 27.2 Å². The fourth-order valence-electron chi connectivity index (χ4n) is 1.93. The number of hydrogen-bond donors (Lipinski definition) is 0. The second-order valence-electron chi connectivity index (χ2n) is 6.34. The van der Waals surface area contributed by atoms with Crippen LogP contribution in [0.15, 0.2) is 30.0 Å². The molecule has 0 N–H and O–H groups in total. The monoisotopic (exact) mass is 363 g/mol. The van der Waals surface area contributed by atoms with Gasteiger partial charge in [0, 0.05) is 6.42 Å². The number of fused-ring (bicyclic) bond motifs is 1. The summed E-state index contributed by atoms with van der Waals surface area (Å²) in [6.07, 6.45) is 1.06. The molecular weight excluding hydrogens is 347 g/mol. The fraction of sp³-hybridized carbons (Fsp3) is 0.429. The Hall–Kier alpha value is -2.10. The summed E-state index contributed by atoms with van der Waals surface area (Å²) < 4.78 is 65.9. The Morgan fingerprint density at radius 1 is 1.25 bits per heavy atom. The van der Waals surface area contributed by atoms with Crippen LogP contribution in [-0.4, -0.2) is 28.9 Å². The molecular formula is C14H16F3N3O3S. The Morgan fingerprint density at radius 2 is 1.88 bits per heavy atom.